The summed E-state index contributed by atoms with van der Waals surface area (Å²) >= 11 is 12.5. The topological polar surface area (TPSA) is 52.7 Å². The Hall–Kier alpha value is -0.680. The van der Waals surface area contributed by atoms with E-state index in [0.717, 1.165) is 31.9 Å². The minimum atomic E-state index is -0.668. The van der Waals surface area contributed by atoms with Gasteiger partial charge in [-0.05, 0) is 26.0 Å². The number of nitrogen functional groups attached to an aromatic ring is 1. The van der Waals surface area contributed by atoms with Crippen molar-refractivity contribution in [3.63, 3.8) is 0 Å². The van der Waals surface area contributed by atoms with Crippen LogP contribution < -0.4 is 10.6 Å². The molecule has 1 aromatic rings. The number of hydrogen-bond acceptors (Lipinski definition) is 4. The van der Waals surface area contributed by atoms with Crippen LogP contribution in [-0.2, 0) is 0 Å². The first-order valence-electron chi connectivity index (χ1n) is 6.70. The van der Waals surface area contributed by atoms with Gasteiger partial charge in [0.1, 0.15) is 0 Å². The molecule has 0 aromatic heterocycles. The van der Waals surface area contributed by atoms with E-state index in [1.165, 1.54) is 0 Å². The first kappa shape index (κ1) is 15.7. The second-order valence-electron chi connectivity index (χ2n) is 5.91. The highest BCUT2D eigenvalue weighted by atomic mass is 35.5. The van der Waals surface area contributed by atoms with Crippen LogP contribution in [0.2, 0.25) is 10.0 Å². The molecule has 1 fully saturated rings. The summed E-state index contributed by atoms with van der Waals surface area (Å²) in [6.07, 6.45) is 0. The fraction of sp³-hybridized carbons (Fsp3) is 0.571. The molecule has 0 saturated carbocycles. The summed E-state index contributed by atoms with van der Waals surface area (Å²) < 4.78 is 0. The average molecular weight is 318 g/mol. The smallest absolute Gasteiger partial charge is 0.0747 e. The minimum absolute atomic E-state index is 0.574. The van der Waals surface area contributed by atoms with Crippen molar-refractivity contribution < 1.29 is 5.11 Å². The van der Waals surface area contributed by atoms with Crippen molar-refractivity contribution in [1.82, 2.24) is 4.90 Å². The van der Waals surface area contributed by atoms with Gasteiger partial charge in [-0.25, -0.2) is 0 Å². The van der Waals surface area contributed by atoms with E-state index in [-0.39, 0.29) is 0 Å². The minimum Gasteiger partial charge on any atom is -0.399 e. The molecular weight excluding hydrogens is 297 g/mol. The molecule has 112 valence electrons. The Morgan fingerprint density at radius 2 is 1.65 bits per heavy atom. The number of benzene rings is 1. The fourth-order valence-electron chi connectivity index (χ4n) is 2.56. The molecule has 20 heavy (non-hydrogen) atoms. The predicted octanol–water partition coefficient (Wildman–Crippen LogP) is 2.47. The predicted molar refractivity (Wildman–Crippen MR) is 85.8 cm³/mol. The van der Waals surface area contributed by atoms with Gasteiger partial charge in [-0.15, -0.1) is 0 Å². The van der Waals surface area contributed by atoms with E-state index in [0.29, 0.717) is 22.3 Å². The zero-order valence-corrected chi connectivity index (χ0v) is 13.4. The van der Waals surface area contributed by atoms with Crippen molar-refractivity contribution in [1.29, 1.82) is 0 Å². The second kappa shape index (κ2) is 5.98. The van der Waals surface area contributed by atoms with Crippen molar-refractivity contribution >= 4 is 34.6 Å². The highest BCUT2D eigenvalue weighted by molar-refractivity contribution is 6.39. The third-order valence-electron chi connectivity index (χ3n) is 3.34. The molecule has 1 heterocycles. The lowest BCUT2D eigenvalue weighted by molar-refractivity contribution is 0.0345. The van der Waals surface area contributed by atoms with Crippen molar-refractivity contribution in [3.05, 3.63) is 22.2 Å². The molecule has 0 bridgehead atoms. The zero-order chi connectivity index (χ0) is 14.9. The second-order valence-corrected chi connectivity index (χ2v) is 6.72. The number of aliphatic hydroxyl groups is 1. The molecule has 1 saturated heterocycles. The molecule has 3 N–H and O–H groups in total. The van der Waals surface area contributed by atoms with E-state index in [1.807, 2.05) is 13.8 Å². The monoisotopic (exact) mass is 317 g/mol. The summed E-state index contributed by atoms with van der Waals surface area (Å²) in [7, 11) is 0. The molecule has 6 heteroatoms. The zero-order valence-electron chi connectivity index (χ0n) is 11.9. The standard InChI is InChI=1S/C14H21Cl2N3O/c1-14(2,20)9-18-3-5-19(6-4-18)13-11(15)7-10(17)8-12(13)16/h7-8,20H,3-6,9,17H2,1-2H3. The van der Waals surface area contributed by atoms with Gasteiger partial charge in [-0.3, -0.25) is 4.90 Å². The van der Waals surface area contributed by atoms with Gasteiger partial charge >= 0.3 is 0 Å². The Labute approximate surface area is 130 Å². The van der Waals surface area contributed by atoms with Crippen molar-refractivity contribution in [2.45, 2.75) is 19.4 Å². The first-order valence-corrected chi connectivity index (χ1v) is 7.46. The Bertz CT molecular complexity index is 457. The Morgan fingerprint density at radius 3 is 2.10 bits per heavy atom. The van der Waals surface area contributed by atoms with Crippen molar-refractivity contribution in [2.75, 3.05) is 43.4 Å². The van der Waals surface area contributed by atoms with Gasteiger partial charge in [0, 0.05) is 38.4 Å². The van der Waals surface area contributed by atoms with Crippen LogP contribution in [0.4, 0.5) is 11.4 Å². The molecular formula is C14H21Cl2N3O. The van der Waals surface area contributed by atoms with E-state index in [4.69, 9.17) is 28.9 Å². The Balaban J connectivity index is 2.04. The quantitative estimate of drug-likeness (QED) is 0.841. The molecule has 1 aliphatic heterocycles. The number of anilines is 2. The maximum absolute atomic E-state index is 9.86. The lowest BCUT2D eigenvalue weighted by Crippen LogP contribution is -2.50. The van der Waals surface area contributed by atoms with Gasteiger partial charge in [-0.2, -0.15) is 0 Å². The molecule has 1 aromatic carbocycles. The van der Waals surface area contributed by atoms with Crippen LogP contribution in [0.5, 0.6) is 0 Å². The highest BCUT2D eigenvalue weighted by Crippen LogP contribution is 2.36. The lowest BCUT2D eigenvalue weighted by Gasteiger charge is -2.39. The molecule has 0 unspecified atom stereocenters. The Morgan fingerprint density at radius 1 is 1.15 bits per heavy atom. The van der Waals surface area contributed by atoms with Gasteiger partial charge in [0.15, 0.2) is 0 Å². The number of nitrogens with two attached hydrogens (primary N) is 1. The SMILES string of the molecule is CC(C)(O)CN1CCN(c2c(Cl)cc(N)cc2Cl)CC1. The maximum Gasteiger partial charge on any atom is 0.0747 e. The number of nitrogens with zero attached hydrogens (tertiary/aromatic N) is 2. The van der Waals surface area contributed by atoms with Gasteiger partial charge < -0.3 is 15.7 Å². The van der Waals surface area contributed by atoms with E-state index in [2.05, 4.69) is 9.80 Å². The van der Waals surface area contributed by atoms with E-state index >= 15 is 0 Å². The molecule has 1 aliphatic rings. The van der Waals surface area contributed by atoms with Crippen LogP contribution in [0.3, 0.4) is 0 Å². The molecule has 0 aliphatic carbocycles. The average Bonchev–Trinajstić information content (AvgIpc) is 2.28. The van der Waals surface area contributed by atoms with Crippen LogP contribution in [0.1, 0.15) is 13.8 Å². The summed E-state index contributed by atoms with van der Waals surface area (Å²) in [5, 5.41) is 11.0. The van der Waals surface area contributed by atoms with Crippen LogP contribution in [0.25, 0.3) is 0 Å². The van der Waals surface area contributed by atoms with Gasteiger partial charge in [0.05, 0.1) is 21.3 Å². The fourth-order valence-corrected chi connectivity index (χ4v) is 3.31. The van der Waals surface area contributed by atoms with Gasteiger partial charge in [-0.1, -0.05) is 23.2 Å². The van der Waals surface area contributed by atoms with E-state index in [1.54, 1.807) is 12.1 Å². The van der Waals surface area contributed by atoms with E-state index < -0.39 is 5.60 Å². The third-order valence-corrected chi connectivity index (χ3v) is 3.91. The normalized spacial score (nSPS) is 17.6. The number of piperazine rings is 1. The van der Waals surface area contributed by atoms with Gasteiger partial charge in [0.2, 0.25) is 0 Å². The first-order chi connectivity index (χ1) is 9.26. The summed E-state index contributed by atoms with van der Waals surface area (Å²) in [4.78, 5) is 4.42. The number of β-amino-alcohol motifs (C(OH)–C–C–N with tert-alkyl or cyclic N) is 1. The van der Waals surface area contributed by atoms with Crippen LogP contribution >= 0.6 is 23.2 Å². The Kier molecular flexibility index (Phi) is 4.69. The summed E-state index contributed by atoms with van der Waals surface area (Å²) in [5.74, 6) is 0. The number of hydrogen-bond donors (Lipinski definition) is 2. The molecule has 2 rings (SSSR count). The third kappa shape index (κ3) is 3.92. The van der Waals surface area contributed by atoms with Crippen molar-refractivity contribution in [2.24, 2.45) is 0 Å². The summed E-state index contributed by atoms with van der Waals surface area (Å²) in [5.41, 5.74) is 6.48. The maximum atomic E-state index is 9.86. The lowest BCUT2D eigenvalue weighted by atomic mass is 10.1. The molecule has 0 amide bonds. The van der Waals surface area contributed by atoms with Crippen LogP contribution in [-0.4, -0.2) is 48.3 Å². The van der Waals surface area contributed by atoms with Crippen LogP contribution in [0.15, 0.2) is 12.1 Å². The van der Waals surface area contributed by atoms with Gasteiger partial charge in [0.25, 0.3) is 0 Å². The van der Waals surface area contributed by atoms with Crippen LogP contribution in [0, 0.1) is 0 Å². The largest absolute Gasteiger partial charge is 0.399 e. The molecule has 0 spiro atoms. The summed E-state index contributed by atoms with van der Waals surface area (Å²) in [6.45, 7) is 7.74. The molecule has 0 radical (unpaired) electrons. The van der Waals surface area contributed by atoms with Crippen molar-refractivity contribution in [3.8, 4) is 0 Å². The molecule has 4 nitrogen and oxygen atoms in total. The molecule has 0 atom stereocenters. The number of rotatable bonds is 3. The van der Waals surface area contributed by atoms with E-state index in [9.17, 15) is 5.11 Å². The summed E-state index contributed by atoms with van der Waals surface area (Å²) in [6, 6.07) is 3.46. The number of halogens is 2. The highest BCUT2D eigenvalue weighted by Gasteiger charge is 2.24.